The van der Waals surface area contributed by atoms with E-state index < -0.39 is 0 Å². The molecule has 4 rings (SSSR count). The van der Waals surface area contributed by atoms with E-state index in [4.69, 9.17) is 5.73 Å². The number of hydrogen-bond acceptors (Lipinski definition) is 2. The Morgan fingerprint density at radius 3 is 2.40 bits per heavy atom. The highest BCUT2D eigenvalue weighted by molar-refractivity contribution is 5.86. The lowest BCUT2D eigenvalue weighted by Crippen LogP contribution is -2.37. The predicted molar refractivity (Wildman–Crippen MR) is 81.5 cm³/mol. The molecule has 2 heteroatoms. The molecule has 0 fully saturated rings. The fraction of sp³-hybridized carbons (Fsp3) is 0.167. The molecule has 0 amide bonds. The average Bonchev–Trinajstić information content (AvgIpc) is 2.84. The summed E-state index contributed by atoms with van der Waals surface area (Å²) in [6.45, 7) is 0. The van der Waals surface area contributed by atoms with Gasteiger partial charge in [0.15, 0.2) is 0 Å². The smallest absolute Gasteiger partial charge is 0.0497 e. The van der Waals surface area contributed by atoms with Crippen molar-refractivity contribution in [1.29, 1.82) is 0 Å². The summed E-state index contributed by atoms with van der Waals surface area (Å²) in [4.78, 5) is 4.20. The van der Waals surface area contributed by atoms with E-state index in [-0.39, 0.29) is 5.54 Å². The van der Waals surface area contributed by atoms with Crippen LogP contribution < -0.4 is 5.73 Å². The van der Waals surface area contributed by atoms with Crippen LogP contribution in [0.2, 0.25) is 0 Å². The first-order valence-electron chi connectivity index (χ1n) is 6.95. The molecular weight excluding hydrogens is 244 g/mol. The molecule has 1 aliphatic carbocycles. The molecule has 2 N–H and O–H groups in total. The Balaban J connectivity index is 1.89. The van der Waals surface area contributed by atoms with Gasteiger partial charge < -0.3 is 5.73 Å². The standard InChI is InChI=1S/C18H16N2/c19-18(10-13-4-1-2-5-14(13)11-18)17-7-3-6-15-12-20-9-8-16(15)17/h1-9,12H,10-11,19H2. The summed E-state index contributed by atoms with van der Waals surface area (Å²) in [5.41, 5.74) is 10.5. The predicted octanol–water partition coefficient (Wildman–Crippen LogP) is 3.19. The molecule has 0 radical (unpaired) electrons. The highest BCUT2D eigenvalue weighted by Gasteiger charge is 2.35. The van der Waals surface area contributed by atoms with Gasteiger partial charge in [0.25, 0.3) is 0 Å². The van der Waals surface area contributed by atoms with Crippen LogP contribution in [-0.4, -0.2) is 4.98 Å². The molecule has 0 saturated carbocycles. The van der Waals surface area contributed by atoms with E-state index in [1.165, 1.54) is 22.1 Å². The third-order valence-electron chi connectivity index (χ3n) is 4.35. The van der Waals surface area contributed by atoms with Crippen molar-refractivity contribution in [2.24, 2.45) is 5.73 Å². The number of fused-ring (bicyclic) bond motifs is 2. The maximum atomic E-state index is 6.78. The third kappa shape index (κ3) is 1.65. The van der Waals surface area contributed by atoms with Crippen LogP contribution in [-0.2, 0) is 18.4 Å². The van der Waals surface area contributed by atoms with Gasteiger partial charge in [-0.2, -0.15) is 0 Å². The van der Waals surface area contributed by atoms with Gasteiger partial charge in [-0.3, -0.25) is 4.98 Å². The Kier molecular flexibility index (Phi) is 2.41. The first-order valence-corrected chi connectivity index (χ1v) is 6.95. The topological polar surface area (TPSA) is 38.9 Å². The summed E-state index contributed by atoms with van der Waals surface area (Å²) < 4.78 is 0. The lowest BCUT2D eigenvalue weighted by molar-refractivity contribution is 0.477. The average molecular weight is 260 g/mol. The van der Waals surface area contributed by atoms with Gasteiger partial charge in [-0.1, -0.05) is 42.5 Å². The van der Waals surface area contributed by atoms with E-state index >= 15 is 0 Å². The van der Waals surface area contributed by atoms with Gasteiger partial charge in [0.05, 0.1) is 0 Å². The van der Waals surface area contributed by atoms with E-state index in [0.29, 0.717) is 0 Å². The number of nitrogens with two attached hydrogens (primary N) is 1. The summed E-state index contributed by atoms with van der Waals surface area (Å²) in [6, 6.07) is 17.0. The fourth-order valence-electron chi connectivity index (χ4n) is 3.39. The maximum Gasteiger partial charge on any atom is 0.0497 e. The van der Waals surface area contributed by atoms with Crippen molar-refractivity contribution < 1.29 is 0 Å². The monoisotopic (exact) mass is 260 g/mol. The van der Waals surface area contributed by atoms with Crippen molar-refractivity contribution >= 4 is 10.8 Å². The lowest BCUT2D eigenvalue weighted by Gasteiger charge is -2.26. The number of pyridine rings is 1. The molecule has 0 spiro atoms. The molecule has 0 atom stereocenters. The van der Waals surface area contributed by atoms with Gasteiger partial charge >= 0.3 is 0 Å². The SMILES string of the molecule is NC1(c2cccc3cnccc23)Cc2ccccc2C1. The quantitative estimate of drug-likeness (QED) is 0.730. The van der Waals surface area contributed by atoms with Crippen LogP contribution in [0.25, 0.3) is 10.8 Å². The van der Waals surface area contributed by atoms with Crippen LogP contribution in [0.1, 0.15) is 16.7 Å². The zero-order chi connectivity index (χ0) is 13.6. The molecule has 0 aliphatic heterocycles. The van der Waals surface area contributed by atoms with Crippen LogP contribution in [0.5, 0.6) is 0 Å². The molecule has 1 aliphatic rings. The van der Waals surface area contributed by atoms with Crippen LogP contribution in [0.3, 0.4) is 0 Å². The summed E-state index contributed by atoms with van der Waals surface area (Å²) in [6.07, 6.45) is 5.57. The first kappa shape index (κ1) is 11.6. The van der Waals surface area contributed by atoms with E-state index in [2.05, 4.69) is 53.5 Å². The van der Waals surface area contributed by atoms with Gasteiger partial charge in [0.2, 0.25) is 0 Å². The van der Waals surface area contributed by atoms with E-state index in [0.717, 1.165) is 18.2 Å². The van der Waals surface area contributed by atoms with Crippen molar-refractivity contribution in [1.82, 2.24) is 4.98 Å². The molecule has 98 valence electrons. The summed E-state index contributed by atoms with van der Waals surface area (Å²) >= 11 is 0. The molecule has 0 bridgehead atoms. The summed E-state index contributed by atoms with van der Waals surface area (Å²) in [7, 11) is 0. The Hall–Kier alpha value is -2.19. The Labute approximate surface area is 118 Å². The van der Waals surface area contributed by atoms with E-state index in [1.54, 1.807) is 0 Å². The normalized spacial score (nSPS) is 16.2. The number of hydrogen-bond donors (Lipinski definition) is 1. The van der Waals surface area contributed by atoms with Crippen molar-refractivity contribution in [3.63, 3.8) is 0 Å². The van der Waals surface area contributed by atoms with Crippen molar-refractivity contribution in [2.75, 3.05) is 0 Å². The Bertz CT molecular complexity index is 762. The second-order valence-corrected chi connectivity index (χ2v) is 5.68. The minimum absolute atomic E-state index is 0.301. The molecule has 2 nitrogen and oxygen atoms in total. The van der Waals surface area contributed by atoms with E-state index in [9.17, 15) is 0 Å². The zero-order valence-corrected chi connectivity index (χ0v) is 11.2. The van der Waals surface area contributed by atoms with Gasteiger partial charge in [-0.25, -0.2) is 0 Å². The van der Waals surface area contributed by atoms with Crippen molar-refractivity contribution in [3.8, 4) is 0 Å². The van der Waals surface area contributed by atoms with Crippen LogP contribution in [0.4, 0.5) is 0 Å². The third-order valence-corrected chi connectivity index (χ3v) is 4.35. The van der Waals surface area contributed by atoms with E-state index in [1.807, 2.05) is 12.4 Å². The van der Waals surface area contributed by atoms with Crippen molar-refractivity contribution in [2.45, 2.75) is 18.4 Å². The molecule has 3 aromatic rings. The van der Waals surface area contributed by atoms with Crippen LogP contribution in [0, 0.1) is 0 Å². The van der Waals surface area contributed by atoms with Crippen LogP contribution >= 0.6 is 0 Å². The molecule has 1 heterocycles. The first-order chi connectivity index (χ1) is 9.76. The largest absolute Gasteiger partial charge is 0.321 e. The molecule has 0 saturated heterocycles. The number of nitrogens with zero attached hydrogens (tertiary/aromatic N) is 1. The second-order valence-electron chi connectivity index (χ2n) is 5.68. The Morgan fingerprint density at radius 1 is 0.900 bits per heavy atom. The molecule has 0 unspecified atom stereocenters. The molecule has 2 aromatic carbocycles. The summed E-state index contributed by atoms with van der Waals surface area (Å²) in [5.74, 6) is 0. The summed E-state index contributed by atoms with van der Waals surface area (Å²) in [5, 5.41) is 2.38. The maximum absolute atomic E-state index is 6.78. The van der Waals surface area contributed by atoms with Gasteiger partial charge in [-0.05, 0) is 41.0 Å². The number of benzene rings is 2. The molecule has 20 heavy (non-hydrogen) atoms. The second kappa shape index (κ2) is 4.15. The van der Waals surface area contributed by atoms with Crippen molar-refractivity contribution in [3.05, 3.63) is 77.6 Å². The zero-order valence-electron chi connectivity index (χ0n) is 11.2. The minimum Gasteiger partial charge on any atom is -0.321 e. The fourth-order valence-corrected chi connectivity index (χ4v) is 3.39. The van der Waals surface area contributed by atoms with Gasteiger partial charge in [0.1, 0.15) is 0 Å². The lowest BCUT2D eigenvalue weighted by atomic mass is 9.85. The van der Waals surface area contributed by atoms with Gasteiger partial charge in [-0.15, -0.1) is 0 Å². The highest BCUT2D eigenvalue weighted by Crippen LogP contribution is 2.38. The highest BCUT2D eigenvalue weighted by atomic mass is 14.8. The Morgan fingerprint density at radius 2 is 1.65 bits per heavy atom. The molecule has 1 aromatic heterocycles. The molecular formula is C18H16N2. The number of rotatable bonds is 1. The van der Waals surface area contributed by atoms with Crippen LogP contribution in [0.15, 0.2) is 60.9 Å². The minimum atomic E-state index is -0.301. The van der Waals surface area contributed by atoms with Gasteiger partial charge in [0, 0.05) is 23.3 Å². The number of aromatic nitrogens is 1.